The number of alkyl halides is 3. The van der Waals surface area contributed by atoms with E-state index in [2.05, 4.69) is 20.5 Å². The van der Waals surface area contributed by atoms with Crippen molar-refractivity contribution in [2.45, 2.75) is 24.6 Å². The van der Waals surface area contributed by atoms with Gasteiger partial charge in [0, 0.05) is 36.6 Å². The lowest BCUT2D eigenvalue weighted by Gasteiger charge is -2.42. The molecule has 0 atom stereocenters. The average molecular weight is 536 g/mol. The van der Waals surface area contributed by atoms with Gasteiger partial charge in [0.25, 0.3) is 11.8 Å². The van der Waals surface area contributed by atoms with Crippen molar-refractivity contribution in [3.63, 3.8) is 0 Å². The van der Waals surface area contributed by atoms with E-state index in [-0.39, 0.29) is 31.8 Å². The van der Waals surface area contributed by atoms with Gasteiger partial charge in [0.15, 0.2) is 10.7 Å². The Labute approximate surface area is 211 Å². The van der Waals surface area contributed by atoms with Gasteiger partial charge in [-0.25, -0.2) is 9.78 Å². The van der Waals surface area contributed by atoms with Crippen molar-refractivity contribution < 1.29 is 32.3 Å². The number of nitrogens with zero attached hydrogens (tertiary/aromatic N) is 5. The van der Waals surface area contributed by atoms with Crippen molar-refractivity contribution >= 4 is 51.7 Å². The van der Waals surface area contributed by atoms with Crippen LogP contribution in [0, 0.1) is 0 Å². The maximum Gasteiger partial charge on any atom is 0.434 e. The number of H-pyrrole nitrogens is 1. The Kier molecular flexibility index (Phi) is 5.89. The van der Waals surface area contributed by atoms with Crippen LogP contribution in [0.4, 0.5) is 23.7 Å². The Bertz CT molecular complexity index is 1410. The van der Waals surface area contributed by atoms with Crippen LogP contribution in [0.2, 0.25) is 0 Å². The SMILES string of the molecule is CN1C(=O)N(c2ccc3[nH]ncc3c2)C2(CCN(C(=O)CNC(=O)c3nc(C(F)(F)F)cs3)CC2)C1=O. The van der Waals surface area contributed by atoms with Crippen molar-refractivity contribution in [1.82, 2.24) is 30.3 Å². The van der Waals surface area contributed by atoms with E-state index in [0.29, 0.717) is 17.0 Å². The number of anilines is 1. The molecule has 15 heteroatoms. The first-order valence-corrected chi connectivity index (χ1v) is 12.0. The molecule has 2 saturated heterocycles. The van der Waals surface area contributed by atoms with Gasteiger partial charge in [0.05, 0.1) is 18.3 Å². The maximum atomic E-state index is 13.2. The number of fused-ring (bicyclic) bond motifs is 1. The fourth-order valence-electron chi connectivity index (χ4n) is 4.67. The van der Waals surface area contributed by atoms with Gasteiger partial charge in [-0.3, -0.25) is 29.3 Å². The summed E-state index contributed by atoms with van der Waals surface area (Å²) in [5.74, 6) is -1.72. The molecule has 3 aromatic rings. The molecule has 0 aliphatic carbocycles. The number of piperidine rings is 1. The lowest BCUT2D eigenvalue weighted by atomic mass is 9.85. The first kappa shape index (κ1) is 24.7. The molecule has 0 unspecified atom stereocenters. The Morgan fingerprint density at radius 3 is 2.62 bits per heavy atom. The molecule has 0 radical (unpaired) electrons. The zero-order chi connectivity index (χ0) is 26.5. The van der Waals surface area contributed by atoms with Crippen molar-refractivity contribution in [1.29, 1.82) is 0 Å². The van der Waals surface area contributed by atoms with E-state index in [1.54, 1.807) is 24.4 Å². The molecule has 2 aliphatic rings. The van der Waals surface area contributed by atoms with Gasteiger partial charge in [0.1, 0.15) is 5.54 Å². The molecule has 2 fully saturated rings. The van der Waals surface area contributed by atoms with E-state index in [1.807, 2.05) is 0 Å². The standard InChI is InChI=1S/C22H20F3N7O4S/c1-30-19(35)21(32(20(30)36)13-2-3-14-12(8-13)9-27-29-14)4-6-31(7-5-21)16(33)10-26-17(34)18-28-15(11-37-18)22(23,24)25/h2-3,8-9,11H,4-7,10H2,1H3,(H,26,34)(H,27,29). The fourth-order valence-corrected chi connectivity index (χ4v) is 5.41. The Morgan fingerprint density at radius 1 is 1.22 bits per heavy atom. The number of hydrogen-bond acceptors (Lipinski definition) is 7. The zero-order valence-electron chi connectivity index (χ0n) is 19.3. The minimum absolute atomic E-state index is 0.140. The number of thiazole rings is 1. The monoisotopic (exact) mass is 535 g/mol. The lowest BCUT2D eigenvalue weighted by Crippen LogP contribution is -2.58. The number of benzene rings is 1. The summed E-state index contributed by atoms with van der Waals surface area (Å²) < 4.78 is 38.1. The molecule has 1 spiro atoms. The van der Waals surface area contributed by atoms with Crippen LogP contribution in [-0.2, 0) is 15.8 Å². The van der Waals surface area contributed by atoms with Crippen LogP contribution in [0.25, 0.3) is 10.9 Å². The van der Waals surface area contributed by atoms with Gasteiger partial charge in [-0.2, -0.15) is 18.3 Å². The Balaban J connectivity index is 1.26. The lowest BCUT2D eigenvalue weighted by molar-refractivity contribution is -0.140. The van der Waals surface area contributed by atoms with Crippen molar-refractivity contribution in [2.24, 2.45) is 0 Å². The highest BCUT2D eigenvalue weighted by Gasteiger charge is 2.57. The number of aromatic nitrogens is 3. The first-order valence-electron chi connectivity index (χ1n) is 11.2. The molecule has 0 saturated carbocycles. The van der Waals surface area contributed by atoms with E-state index in [9.17, 15) is 32.3 Å². The number of halogens is 3. The fraction of sp³-hybridized carbons (Fsp3) is 0.364. The molecule has 4 heterocycles. The van der Waals surface area contributed by atoms with Gasteiger partial charge in [-0.15, -0.1) is 11.3 Å². The van der Waals surface area contributed by atoms with Gasteiger partial charge < -0.3 is 10.2 Å². The Morgan fingerprint density at radius 2 is 1.95 bits per heavy atom. The predicted molar refractivity (Wildman–Crippen MR) is 125 cm³/mol. The molecule has 11 nitrogen and oxygen atoms in total. The van der Waals surface area contributed by atoms with Gasteiger partial charge >= 0.3 is 12.2 Å². The third kappa shape index (κ3) is 4.18. The van der Waals surface area contributed by atoms with Crippen molar-refractivity contribution in [3.05, 3.63) is 40.5 Å². The van der Waals surface area contributed by atoms with Gasteiger partial charge in [0.2, 0.25) is 5.91 Å². The minimum Gasteiger partial charge on any atom is -0.341 e. The van der Waals surface area contributed by atoms with Crippen LogP contribution in [0.1, 0.15) is 28.3 Å². The highest BCUT2D eigenvalue weighted by atomic mass is 32.1. The number of likely N-dealkylation sites (N-methyl/N-ethyl adjacent to an activating group) is 1. The molecular formula is C22H20F3N7O4S. The van der Waals surface area contributed by atoms with Gasteiger partial charge in [-0.05, 0) is 31.0 Å². The van der Waals surface area contributed by atoms with Crippen LogP contribution in [0.5, 0.6) is 0 Å². The second-order valence-corrected chi connectivity index (χ2v) is 9.61. The smallest absolute Gasteiger partial charge is 0.341 e. The van der Waals surface area contributed by atoms with E-state index in [0.717, 1.165) is 21.2 Å². The molecule has 2 aliphatic heterocycles. The third-order valence-corrected chi connectivity index (χ3v) is 7.46. The van der Waals surface area contributed by atoms with E-state index in [1.165, 1.54) is 16.8 Å². The molecule has 5 rings (SSSR count). The number of amides is 5. The minimum atomic E-state index is -4.67. The number of hydrogen-bond donors (Lipinski definition) is 2. The normalized spacial score (nSPS) is 17.8. The molecular weight excluding hydrogens is 515 g/mol. The highest BCUT2D eigenvalue weighted by molar-refractivity contribution is 7.11. The Hall–Kier alpha value is -4.01. The third-order valence-electron chi connectivity index (χ3n) is 6.62. The zero-order valence-corrected chi connectivity index (χ0v) is 20.1. The summed E-state index contributed by atoms with van der Waals surface area (Å²) in [5, 5.41) is 10.2. The molecule has 2 aromatic heterocycles. The van der Waals surface area contributed by atoms with Crippen LogP contribution in [-0.4, -0.2) is 81.0 Å². The van der Waals surface area contributed by atoms with Crippen LogP contribution >= 0.6 is 11.3 Å². The predicted octanol–water partition coefficient (Wildman–Crippen LogP) is 2.23. The number of nitrogens with one attached hydrogen (secondary N) is 2. The number of rotatable bonds is 4. The molecule has 0 bridgehead atoms. The summed E-state index contributed by atoms with van der Waals surface area (Å²) in [7, 11) is 1.42. The summed E-state index contributed by atoms with van der Waals surface area (Å²) in [6, 6.07) is 4.79. The number of imide groups is 1. The van der Waals surface area contributed by atoms with Crippen LogP contribution < -0.4 is 10.2 Å². The topological polar surface area (TPSA) is 132 Å². The maximum absolute atomic E-state index is 13.2. The molecule has 37 heavy (non-hydrogen) atoms. The summed E-state index contributed by atoms with van der Waals surface area (Å²) in [6.45, 7) is -0.163. The summed E-state index contributed by atoms with van der Waals surface area (Å²) in [4.78, 5) is 58.4. The van der Waals surface area contributed by atoms with Crippen LogP contribution in [0.3, 0.4) is 0 Å². The summed E-state index contributed by atoms with van der Waals surface area (Å²) >= 11 is 0.531. The molecule has 1 aromatic carbocycles. The van der Waals surface area contributed by atoms with E-state index in [4.69, 9.17) is 0 Å². The summed E-state index contributed by atoms with van der Waals surface area (Å²) in [6.07, 6.45) is -2.71. The molecule has 194 valence electrons. The number of aromatic amines is 1. The first-order chi connectivity index (χ1) is 17.5. The summed E-state index contributed by atoms with van der Waals surface area (Å²) in [5.41, 5.74) is -1.03. The largest absolute Gasteiger partial charge is 0.434 e. The number of carbonyl (C=O) groups is 4. The van der Waals surface area contributed by atoms with Crippen LogP contribution in [0.15, 0.2) is 29.8 Å². The quantitative estimate of drug-likeness (QED) is 0.493. The molecule has 2 N–H and O–H groups in total. The highest BCUT2D eigenvalue weighted by Crippen LogP contribution is 2.40. The van der Waals surface area contributed by atoms with E-state index >= 15 is 0 Å². The van der Waals surface area contributed by atoms with Crippen molar-refractivity contribution in [3.8, 4) is 0 Å². The number of carbonyl (C=O) groups excluding carboxylic acids is 4. The second-order valence-electron chi connectivity index (χ2n) is 8.75. The van der Waals surface area contributed by atoms with Crippen molar-refractivity contribution in [2.75, 3.05) is 31.6 Å². The molecule has 5 amide bonds. The van der Waals surface area contributed by atoms with Gasteiger partial charge in [-0.1, -0.05) is 0 Å². The second kappa shape index (κ2) is 8.83. The number of urea groups is 1. The number of likely N-dealkylation sites (tertiary alicyclic amines) is 1. The average Bonchev–Trinajstić information content (AvgIpc) is 3.59. The van der Waals surface area contributed by atoms with E-state index < -0.39 is 46.8 Å².